The Morgan fingerprint density at radius 2 is 1.52 bits per heavy atom. The predicted octanol–water partition coefficient (Wildman–Crippen LogP) is 4.15. The molecule has 0 amide bonds. The lowest BCUT2D eigenvalue weighted by Gasteiger charge is -2.19. The molecule has 0 aliphatic carbocycles. The molecular weight excluding hydrogens is 258 g/mol. The molecule has 0 saturated heterocycles. The van der Waals surface area contributed by atoms with Crippen molar-refractivity contribution in [2.24, 2.45) is 0 Å². The molecule has 0 saturated carbocycles. The molecule has 0 radical (unpaired) electrons. The minimum atomic E-state index is 0.356. The van der Waals surface area contributed by atoms with Crippen molar-refractivity contribution in [3.8, 4) is 5.75 Å². The molecule has 1 N–H and O–H groups in total. The highest BCUT2D eigenvalue weighted by Gasteiger charge is 2.11. The van der Waals surface area contributed by atoms with Gasteiger partial charge < -0.3 is 10.1 Å². The predicted molar refractivity (Wildman–Crippen MR) is 88.9 cm³/mol. The Bertz CT molecular complexity index is 530. The summed E-state index contributed by atoms with van der Waals surface area (Å²) < 4.78 is 5.22. The molecule has 21 heavy (non-hydrogen) atoms. The SMILES string of the molecule is CCNC(Cc1ccc(OC)cc1)c1ccc(CC)cc1. The van der Waals surface area contributed by atoms with Gasteiger partial charge in [0, 0.05) is 6.04 Å². The third kappa shape index (κ3) is 4.33. The Hall–Kier alpha value is -1.80. The van der Waals surface area contributed by atoms with Gasteiger partial charge in [0.05, 0.1) is 7.11 Å². The van der Waals surface area contributed by atoms with Crippen LogP contribution in [0.2, 0.25) is 0 Å². The molecule has 0 heterocycles. The number of hydrogen-bond donors (Lipinski definition) is 1. The summed E-state index contributed by atoms with van der Waals surface area (Å²) in [5, 5.41) is 3.58. The monoisotopic (exact) mass is 283 g/mol. The third-order valence-electron chi connectivity index (χ3n) is 3.84. The van der Waals surface area contributed by atoms with Gasteiger partial charge >= 0.3 is 0 Å². The summed E-state index contributed by atoms with van der Waals surface area (Å²) >= 11 is 0. The van der Waals surface area contributed by atoms with Crippen LogP contribution in [-0.2, 0) is 12.8 Å². The molecule has 0 fully saturated rings. The van der Waals surface area contributed by atoms with Crippen molar-refractivity contribution >= 4 is 0 Å². The topological polar surface area (TPSA) is 21.3 Å². The van der Waals surface area contributed by atoms with Crippen molar-refractivity contribution in [3.63, 3.8) is 0 Å². The van der Waals surface area contributed by atoms with Crippen molar-refractivity contribution in [2.45, 2.75) is 32.7 Å². The van der Waals surface area contributed by atoms with E-state index < -0.39 is 0 Å². The van der Waals surface area contributed by atoms with Crippen LogP contribution in [0, 0.1) is 0 Å². The molecule has 0 aliphatic heterocycles. The summed E-state index contributed by atoms with van der Waals surface area (Å²) in [4.78, 5) is 0. The standard InChI is InChI=1S/C19H25NO/c1-4-15-6-10-17(11-7-15)19(20-5-2)14-16-8-12-18(21-3)13-9-16/h6-13,19-20H,4-5,14H2,1-3H3. The van der Waals surface area contributed by atoms with E-state index in [2.05, 4.69) is 55.6 Å². The Balaban J connectivity index is 2.13. The first-order valence-corrected chi connectivity index (χ1v) is 7.72. The van der Waals surface area contributed by atoms with Crippen LogP contribution >= 0.6 is 0 Å². The van der Waals surface area contributed by atoms with E-state index >= 15 is 0 Å². The first-order chi connectivity index (χ1) is 10.3. The van der Waals surface area contributed by atoms with Crippen molar-refractivity contribution < 1.29 is 4.74 Å². The summed E-state index contributed by atoms with van der Waals surface area (Å²) in [5.74, 6) is 0.908. The summed E-state index contributed by atoms with van der Waals surface area (Å²) in [7, 11) is 1.70. The average Bonchev–Trinajstić information content (AvgIpc) is 2.55. The van der Waals surface area contributed by atoms with Gasteiger partial charge in [0.25, 0.3) is 0 Å². The minimum absolute atomic E-state index is 0.356. The van der Waals surface area contributed by atoms with Crippen molar-refractivity contribution in [1.29, 1.82) is 0 Å². The van der Waals surface area contributed by atoms with Gasteiger partial charge in [0.2, 0.25) is 0 Å². The van der Waals surface area contributed by atoms with Gasteiger partial charge in [-0.3, -0.25) is 0 Å². The highest BCUT2D eigenvalue weighted by Crippen LogP contribution is 2.21. The van der Waals surface area contributed by atoms with Crippen LogP contribution in [0.25, 0.3) is 0 Å². The molecule has 1 atom stereocenters. The van der Waals surface area contributed by atoms with Crippen LogP contribution < -0.4 is 10.1 Å². The van der Waals surface area contributed by atoms with E-state index in [0.29, 0.717) is 6.04 Å². The molecule has 2 rings (SSSR count). The highest BCUT2D eigenvalue weighted by atomic mass is 16.5. The molecule has 2 aromatic rings. The number of rotatable bonds is 7. The van der Waals surface area contributed by atoms with Crippen LogP contribution in [0.5, 0.6) is 5.75 Å². The van der Waals surface area contributed by atoms with E-state index in [0.717, 1.165) is 25.1 Å². The second kappa shape index (κ2) is 7.84. The van der Waals surface area contributed by atoms with Gasteiger partial charge in [-0.2, -0.15) is 0 Å². The van der Waals surface area contributed by atoms with Crippen LogP contribution in [0.1, 0.15) is 36.6 Å². The number of nitrogens with one attached hydrogen (secondary N) is 1. The maximum absolute atomic E-state index is 5.22. The van der Waals surface area contributed by atoms with Gasteiger partial charge in [-0.05, 0) is 48.2 Å². The largest absolute Gasteiger partial charge is 0.497 e. The van der Waals surface area contributed by atoms with Crippen molar-refractivity contribution in [1.82, 2.24) is 5.32 Å². The number of hydrogen-bond acceptors (Lipinski definition) is 2. The molecule has 0 aliphatic rings. The van der Waals surface area contributed by atoms with Crippen LogP contribution in [0.4, 0.5) is 0 Å². The summed E-state index contributed by atoms with van der Waals surface area (Å²) in [5.41, 5.74) is 4.06. The molecule has 0 aromatic heterocycles. The second-order valence-electron chi connectivity index (χ2n) is 5.26. The Morgan fingerprint density at radius 3 is 2.05 bits per heavy atom. The fourth-order valence-electron chi connectivity index (χ4n) is 2.54. The molecule has 2 heteroatoms. The molecule has 0 spiro atoms. The van der Waals surface area contributed by atoms with Gasteiger partial charge in [-0.25, -0.2) is 0 Å². The maximum atomic E-state index is 5.22. The molecule has 2 nitrogen and oxygen atoms in total. The number of aryl methyl sites for hydroxylation is 1. The average molecular weight is 283 g/mol. The zero-order chi connectivity index (χ0) is 15.1. The number of methoxy groups -OCH3 is 1. The van der Waals surface area contributed by atoms with E-state index in [1.807, 2.05) is 12.1 Å². The van der Waals surface area contributed by atoms with Crippen LogP contribution in [-0.4, -0.2) is 13.7 Å². The lowest BCUT2D eigenvalue weighted by Crippen LogP contribution is -2.22. The third-order valence-corrected chi connectivity index (χ3v) is 3.84. The van der Waals surface area contributed by atoms with Crippen LogP contribution in [0.3, 0.4) is 0 Å². The van der Waals surface area contributed by atoms with E-state index in [-0.39, 0.29) is 0 Å². The molecule has 2 aromatic carbocycles. The van der Waals surface area contributed by atoms with Crippen molar-refractivity contribution in [3.05, 3.63) is 65.2 Å². The fraction of sp³-hybridized carbons (Fsp3) is 0.368. The van der Waals surface area contributed by atoms with Gasteiger partial charge in [0.1, 0.15) is 5.75 Å². The molecule has 0 bridgehead atoms. The van der Waals surface area contributed by atoms with Gasteiger partial charge in [0.15, 0.2) is 0 Å². The van der Waals surface area contributed by atoms with Gasteiger partial charge in [-0.1, -0.05) is 50.2 Å². The highest BCUT2D eigenvalue weighted by molar-refractivity contribution is 5.30. The Morgan fingerprint density at radius 1 is 0.905 bits per heavy atom. The summed E-state index contributed by atoms with van der Waals surface area (Å²) in [6.45, 7) is 5.31. The zero-order valence-electron chi connectivity index (χ0n) is 13.2. The van der Waals surface area contributed by atoms with E-state index in [4.69, 9.17) is 4.74 Å². The van der Waals surface area contributed by atoms with E-state index in [1.54, 1.807) is 7.11 Å². The number of benzene rings is 2. The Kier molecular flexibility index (Phi) is 5.82. The fourth-order valence-corrected chi connectivity index (χ4v) is 2.54. The molecular formula is C19H25NO. The quantitative estimate of drug-likeness (QED) is 0.824. The second-order valence-corrected chi connectivity index (χ2v) is 5.26. The van der Waals surface area contributed by atoms with Crippen LogP contribution in [0.15, 0.2) is 48.5 Å². The molecule has 1 unspecified atom stereocenters. The molecule has 112 valence electrons. The lowest BCUT2D eigenvalue weighted by molar-refractivity contribution is 0.414. The zero-order valence-corrected chi connectivity index (χ0v) is 13.2. The lowest BCUT2D eigenvalue weighted by atomic mass is 9.97. The summed E-state index contributed by atoms with van der Waals surface area (Å²) in [6, 6.07) is 17.6. The number of likely N-dealkylation sites (N-methyl/N-ethyl adjacent to an activating group) is 1. The maximum Gasteiger partial charge on any atom is 0.118 e. The van der Waals surface area contributed by atoms with E-state index in [9.17, 15) is 0 Å². The summed E-state index contributed by atoms with van der Waals surface area (Å²) in [6.07, 6.45) is 2.08. The smallest absolute Gasteiger partial charge is 0.118 e. The normalized spacial score (nSPS) is 12.1. The van der Waals surface area contributed by atoms with Crippen molar-refractivity contribution in [2.75, 3.05) is 13.7 Å². The first-order valence-electron chi connectivity index (χ1n) is 7.72. The first kappa shape index (κ1) is 15.6. The van der Waals surface area contributed by atoms with E-state index in [1.165, 1.54) is 16.7 Å². The van der Waals surface area contributed by atoms with Gasteiger partial charge in [-0.15, -0.1) is 0 Å². The number of ether oxygens (including phenoxy) is 1. The minimum Gasteiger partial charge on any atom is -0.497 e. The Labute approximate surface area is 128 Å².